The van der Waals surface area contributed by atoms with E-state index in [1.165, 1.54) is 0 Å². The van der Waals surface area contributed by atoms with Crippen molar-refractivity contribution in [2.24, 2.45) is 5.73 Å². The van der Waals surface area contributed by atoms with E-state index in [1.807, 2.05) is 18.2 Å². The van der Waals surface area contributed by atoms with E-state index < -0.39 is 6.10 Å². The number of hydrogen-bond acceptors (Lipinski definition) is 3. The summed E-state index contributed by atoms with van der Waals surface area (Å²) in [5.74, 6) is 0.666. The van der Waals surface area contributed by atoms with E-state index in [1.54, 1.807) is 11.9 Å². The molecule has 2 N–H and O–H groups in total. The average Bonchev–Trinajstić information content (AvgIpc) is 2.27. The lowest BCUT2D eigenvalue weighted by atomic mass is 10.1. The number of likely N-dealkylation sites (N-methyl/N-ethyl adjacent to an activating group) is 1. The van der Waals surface area contributed by atoms with Crippen molar-refractivity contribution in [1.29, 1.82) is 0 Å². The fraction of sp³-hybridized carbons (Fsp3) is 0.364. The Bertz CT molecular complexity index is 422. The van der Waals surface area contributed by atoms with Gasteiger partial charge in [0.25, 0.3) is 5.91 Å². The minimum Gasteiger partial charge on any atom is -0.477 e. The van der Waals surface area contributed by atoms with Gasteiger partial charge in [-0.1, -0.05) is 6.07 Å². The zero-order valence-corrected chi connectivity index (χ0v) is 10.5. The third kappa shape index (κ3) is 1.81. The van der Waals surface area contributed by atoms with Crippen LogP contribution in [0.4, 0.5) is 5.69 Å². The molecule has 1 unspecified atom stereocenters. The number of nitrogens with zero attached hydrogens (tertiary/aromatic N) is 1. The fourth-order valence-corrected chi connectivity index (χ4v) is 2.19. The van der Waals surface area contributed by atoms with Crippen molar-refractivity contribution in [3.8, 4) is 5.75 Å². The van der Waals surface area contributed by atoms with E-state index in [2.05, 4.69) is 15.9 Å². The maximum absolute atomic E-state index is 11.9. The molecule has 1 heterocycles. The number of amides is 1. The van der Waals surface area contributed by atoms with Crippen molar-refractivity contribution in [3.05, 3.63) is 22.7 Å². The van der Waals surface area contributed by atoms with Gasteiger partial charge in [-0.15, -0.1) is 0 Å². The number of halogens is 1. The van der Waals surface area contributed by atoms with Crippen molar-refractivity contribution in [1.82, 2.24) is 0 Å². The molecule has 2 rings (SSSR count). The van der Waals surface area contributed by atoms with Gasteiger partial charge in [-0.3, -0.25) is 4.79 Å². The highest BCUT2D eigenvalue weighted by Gasteiger charge is 2.32. The number of ether oxygens (including phenoxy) is 1. The Labute approximate surface area is 102 Å². The SMILES string of the molecule is CN1C(=O)C(CCN)Oc2c(Br)cccc21. The summed E-state index contributed by atoms with van der Waals surface area (Å²) in [6, 6.07) is 5.62. The normalized spacial score (nSPS) is 19.3. The van der Waals surface area contributed by atoms with Crippen molar-refractivity contribution >= 4 is 27.5 Å². The molecule has 4 nitrogen and oxygen atoms in total. The van der Waals surface area contributed by atoms with E-state index in [4.69, 9.17) is 10.5 Å². The molecule has 16 heavy (non-hydrogen) atoms. The van der Waals surface area contributed by atoms with Crippen molar-refractivity contribution < 1.29 is 9.53 Å². The number of carbonyl (C=O) groups excluding carboxylic acids is 1. The predicted octanol–water partition coefficient (Wildman–Crippen LogP) is 1.52. The van der Waals surface area contributed by atoms with Gasteiger partial charge < -0.3 is 15.4 Å². The van der Waals surface area contributed by atoms with Crippen molar-refractivity contribution in [2.75, 3.05) is 18.5 Å². The first-order valence-corrected chi connectivity index (χ1v) is 5.87. The summed E-state index contributed by atoms with van der Waals surface area (Å²) in [5, 5.41) is 0. The lowest BCUT2D eigenvalue weighted by molar-refractivity contribution is -0.126. The minimum absolute atomic E-state index is 0.0453. The number of carbonyl (C=O) groups is 1. The topological polar surface area (TPSA) is 55.6 Å². The molecule has 0 aliphatic carbocycles. The van der Waals surface area contributed by atoms with Crippen molar-refractivity contribution in [3.63, 3.8) is 0 Å². The highest BCUT2D eigenvalue weighted by atomic mass is 79.9. The minimum atomic E-state index is -0.471. The average molecular weight is 285 g/mol. The molecule has 1 aromatic carbocycles. The van der Waals surface area contributed by atoms with E-state index in [-0.39, 0.29) is 5.91 Å². The first kappa shape index (κ1) is 11.4. The number of rotatable bonds is 2. The van der Waals surface area contributed by atoms with Gasteiger partial charge >= 0.3 is 0 Å². The van der Waals surface area contributed by atoms with Crippen LogP contribution in [0.1, 0.15) is 6.42 Å². The van der Waals surface area contributed by atoms with E-state index in [0.717, 1.165) is 10.2 Å². The number of hydrogen-bond donors (Lipinski definition) is 1. The zero-order valence-electron chi connectivity index (χ0n) is 8.94. The van der Waals surface area contributed by atoms with Gasteiger partial charge in [0.2, 0.25) is 0 Å². The zero-order chi connectivity index (χ0) is 11.7. The number of anilines is 1. The van der Waals surface area contributed by atoms with Crippen LogP contribution >= 0.6 is 15.9 Å². The van der Waals surface area contributed by atoms with Crippen LogP contribution in [0.25, 0.3) is 0 Å². The van der Waals surface area contributed by atoms with Crippen LogP contribution < -0.4 is 15.4 Å². The summed E-state index contributed by atoms with van der Waals surface area (Å²) in [4.78, 5) is 13.5. The number of para-hydroxylation sites is 1. The Balaban J connectivity index is 2.40. The Kier molecular flexibility index (Phi) is 3.16. The molecule has 1 aliphatic rings. The lowest BCUT2D eigenvalue weighted by Gasteiger charge is -2.32. The molecular formula is C11H13BrN2O2. The molecule has 1 aromatic rings. The van der Waals surface area contributed by atoms with Gasteiger partial charge in [-0.05, 0) is 34.6 Å². The number of fused-ring (bicyclic) bond motifs is 1. The highest BCUT2D eigenvalue weighted by molar-refractivity contribution is 9.10. The Hall–Kier alpha value is -1.07. The molecule has 0 radical (unpaired) electrons. The second-order valence-electron chi connectivity index (χ2n) is 3.67. The third-order valence-electron chi connectivity index (χ3n) is 2.60. The summed E-state index contributed by atoms with van der Waals surface area (Å²) in [6.45, 7) is 0.435. The fourth-order valence-electron chi connectivity index (χ4n) is 1.74. The first-order chi connectivity index (χ1) is 7.65. The van der Waals surface area contributed by atoms with E-state index >= 15 is 0 Å². The number of benzene rings is 1. The second kappa shape index (κ2) is 4.43. The maximum Gasteiger partial charge on any atom is 0.267 e. The van der Waals surface area contributed by atoms with Crippen molar-refractivity contribution in [2.45, 2.75) is 12.5 Å². The number of nitrogens with two attached hydrogens (primary N) is 1. The monoisotopic (exact) mass is 284 g/mol. The van der Waals surface area contributed by atoms with E-state index in [9.17, 15) is 4.79 Å². The smallest absolute Gasteiger partial charge is 0.267 e. The molecule has 0 saturated heterocycles. The van der Waals surface area contributed by atoms with Gasteiger partial charge in [-0.2, -0.15) is 0 Å². The first-order valence-electron chi connectivity index (χ1n) is 5.08. The molecule has 1 atom stereocenters. The summed E-state index contributed by atoms with van der Waals surface area (Å²) in [7, 11) is 1.75. The predicted molar refractivity (Wildman–Crippen MR) is 65.6 cm³/mol. The maximum atomic E-state index is 11.9. The van der Waals surface area contributed by atoms with Crippen LogP contribution in [0.15, 0.2) is 22.7 Å². The summed E-state index contributed by atoms with van der Waals surface area (Å²) in [6.07, 6.45) is 0.0606. The van der Waals surface area contributed by atoms with Crippen LogP contribution in [-0.4, -0.2) is 25.6 Å². The Morgan fingerprint density at radius 2 is 2.31 bits per heavy atom. The molecule has 0 spiro atoms. The van der Waals surface area contributed by atoms with Gasteiger partial charge in [0, 0.05) is 13.5 Å². The highest BCUT2D eigenvalue weighted by Crippen LogP contribution is 2.39. The van der Waals surface area contributed by atoms with Gasteiger partial charge in [-0.25, -0.2) is 0 Å². The molecule has 5 heteroatoms. The lowest BCUT2D eigenvalue weighted by Crippen LogP contribution is -2.44. The summed E-state index contributed by atoms with van der Waals surface area (Å²) >= 11 is 3.41. The molecule has 0 saturated carbocycles. The second-order valence-corrected chi connectivity index (χ2v) is 4.52. The largest absolute Gasteiger partial charge is 0.477 e. The van der Waals surface area contributed by atoms with Gasteiger partial charge in [0.05, 0.1) is 10.2 Å². The van der Waals surface area contributed by atoms with Crippen LogP contribution in [0.5, 0.6) is 5.75 Å². The Morgan fingerprint density at radius 1 is 1.56 bits per heavy atom. The molecule has 1 amide bonds. The molecular weight excluding hydrogens is 272 g/mol. The van der Waals surface area contributed by atoms with Gasteiger partial charge in [0.1, 0.15) is 0 Å². The van der Waals surface area contributed by atoms with E-state index in [0.29, 0.717) is 18.7 Å². The van der Waals surface area contributed by atoms with Crippen LogP contribution in [0.3, 0.4) is 0 Å². The van der Waals surface area contributed by atoms with Crippen LogP contribution in [-0.2, 0) is 4.79 Å². The van der Waals surface area contributed by atoms with Crippen LogP contribution in [0, 0.1) is 0 Å². The summed E-state index contributed by atoms with van der Waals surface area (Å²) in [5.41, 5.74) is 6.25. The third-order valence-corrected chi connectivity index (χ3v) is 3.23. The molecule has 0 bridgehead atoms. The van der Waals surface area contributed by atoms with Crippen LogP contribution in [0.2, 0.25) is 0 Å². The molecule has 86 valence electrons. The molecule has 0 fully saturated rings. The quantitative estimate of drug-likeness (QED) is 0.896. The molecule has 1 aliphatic heterocycles. The molecule has 0 aromatic heterocycles. The van der Waals surface area contributed by atoms with Gasteiger partial charge in [0.15, 0.2) is 11.9 Å². The standard InChI is InChI=1S/C11H13BrN2O2/c1-14-8-4-2-3-7(12)10(8)16-9(5-6-13)11(14)15/h2-4,9H,5-6,13H2,1H3. The summed E-state index contributed by atoms with van der Waals surface area (Å²) < 4.78 is 6.52. The Morgan fingerprint density at radius 3 is 3.00 bits per heavy atom.